The van der Waals surface area contributed by atoms with Crippen molar-refractivity contribution < 1.29 is 28.1 Å². The molecule has 1 saturated carbocycles. The summed E-state index contributed by atoms with van der Waals surface area (Å²) in [5.74, 6) is -1.65. The summed E-state index contributed by atoms with van der Waals surface area (Å²) >= 11 is 5.78. The molecule has 0 saturated heterocycles. The number of benzene rings is 1. The van der Waals surface area contributed by atoms with Crippen LogP contribution in [-0.4, -0.2) is 22.2 Å². The average molecular weight is 517 g/mol. The summed E-state index contributed by atoms with van der Waals surface area (Å²) in [6, 6.07) is 5.77. The van der Waals surface area contributed by atoms with E-state index < -0.39 is 23.6 Å². The summed E-state index contributed by atoms with van der Waals surface area (Å²) in [6.07, 6.45) is 2.23. The number of carboxylic acid groups (broad SMARTS) is 1. The van der Waals surface area contributed by atoms with Crippen molar-refractivity contribution in [3.63, 3.8) is 0 Å². The monoisotopic (exact) mass is 516 g/mol. The highest BCUT2D eigenvalue weighted by Crippen LogP contribution is 2.48. The Morgan fingerprint density at radius 2 is 1.97 bits per heavy atom. The first-order valence-electron chi connectivity index (χ1n) is 11.9. The number of nitrogens with one attached hydrogen (secondary N) is 1. The van der Waals surface area contributed by atoms with Crippen molar-refractivity contribution in [3.05, 3.63) is 52.2 Å². The van der Waals surface area contributed by atoms with E-state index in [2.05, 4.69) is 36.4 Å². The number of aromatic nitrogens is 2. The second-order valence-electron chi connectivity index (χ2n) is 10.5. The van der Waals surface area contributed by atoms with Crippen molar-refractivity contribution in [1.29, 1.82) is 0 Å². The quantitative estimate of drug-likeness (QED) is 0.391. The number of rotatable bonds is 10. The molecule has 1 amide bonds. The summed E-state index contributed by atoms with van der Waals surface area (Å²) in [6.45, 7) is 6.30. The lowest BCUT2D eigenvalue weighted by Crippen LogP contribution is -2.23. The van der Waals surface area contributed by atoms with Crippen molar-refractivity contribution in [2.75, 3.05) is 5.32 Å². The van der Waals surface area contributed by atoms with E-state index in [1.165, 1.54) is 12.1 Å². The summed E-state index contributed by atoms with van der Waals surface area (Å²) in [5, 5.41) is 22.4. The molecular weight excluding hydrogens is 489 g/mol. The van der Waals surface area contributed by atoms with E-state index in [-0.39, 0.29) is 41.3 Å². The van der Waals surface area contributed by atoms with Crippen LogP contribution in [0, 0.1) is 11.2 Å². The minimum absolute atomic E-state index is 0.0119. The highest BCUT2D eigenvalue weighted by Gasteiger charge is 2.37. The highest BCUT2D eigenvalue weighted by atomic mass is 35.5. The second-order valence-corrected chi connectivity index (χ2v) is 10.9. The molecule has 0 radical (unpaired) electrons. The lowest BCUT2D eigenvalue weighted by atomic mass is 9.90. The van der Waals surface area contributed by atoms with E-state index in [1.54, 1.807) is 0 Å². The van der Waals surface area contributed by atoms with Gasteiger partial charge in [-0.1, -0.05) is 42.7 Å². The van der Waals surface area contributed by atoms with Crippen molar-refractivity contribution >= 4 is 29.2 Å². The third kappa shape index (κ3) is 6.51. The zero-order valence-electron chi connectivity index (χ0n) is 20.4. The van der Waals surface area contributed by atoms with Crippen LogP contribution in [0.25, 0.3) is 11.4 Å². The fraction of sp³-hybridized carbons (Fsp3) is 0.462. The molecule has 3 aromatic rings. The smallest absolute Gasteiger partial charge is 0.225 e. The highest BCUT2D eigenvalue weighted by molar-refractivity contribution is 6.30. The number of amides is 1. The normalized spacial score (nSPS) is 14.6. The predicted octanol–water partition coefficient (Wildman–Crippen LogP) is 5.23. The first kappa shape index (κ1) is 25.9. The van der Waals surface area contributed by atoms with E-state index in [4.69, 9.17) is 20.6 Å². The third-order valence-electron chi connectivity index (χ3n) is 5.95. The molecule has 1 aromatic carbocycles. The Bertz CT molecular complexity index is 1260. The zero-order valence-corrected chi connectivity index (χ0v) is 21.2. The van der Waals surface area contributed by atoms with Crippen LogP contribution in [0.15, 0.2) is 33.3 Å². The fourth-order valence-electron chi connectivity index (χ4n) is 4.22. The molecule has 10 heteroatoms. The maximum absolute atomic E-state index is 14.2. The molecule has 2 heterocycles. The number of anilines is 1. The number of carbonyl (C=O) groups excluding carboxylic acids is 2. The average Bonchev–Trinajstić information content (AvgIpc) is 3.35. The van der Waals surface area contributed by atoms with Crippen molar-refractivity contribution in [3.8, 4) is 11.4 Å². The maximum atomic E-state index is 14.2. The number of hydrogen-bond donors (Lipinski definition) is 1. The fourth-order valence-corrected chi connectivity index (χ4v) is 4.38. The molecule has 0 aliphatic heterocycles. The molecule has 4 rings (SSSR count). The van der Waals surface area contributed by atoms with Gasteiger partial charge in [0.15, 0.2) is 0 Å². The van der Waals surface area contributed by atoms with Crippen molar-refractivity contribution in [2.45, 2.75) is 71.1 Å². The van der Waals surface area contributed by atoms with Crippen molar-refractivity contribution in [1.82, 2.24) is 10.3 Å². The lowest BCUT2D eigenvalue weighted by molar-refractivity contribution is -0.305. The van der Waals surface area contributed by atoms with E-state index >= 15 is 0 Å². The molecule has 1 N–H and O–H groups in total. The molecule has 192 valence electrons. The predicted molar refractivity (Wildman–Crippen MR) is 129 cm³/mol. The van der Waals surface area contributed by atoms with Crippen LogP contribution in [-0.2, 0) is 16.0 Å². The second kappa shape index (κ2) is 10.4. The Morgan fingerprint density at radius 3 is 2.61 bits per heavy atom. The van der Waals surface area contributed by atoms with E-state index in [1.807, 2.05) is 6.07 Å². The van der Waals surface area contributed by atoms with Crippen LogP contribution in [0.5, 0.6) is 0 Å². The molecule has 0 unspecified atom stereocenters. The molecule has 2 aromatic heterocycles. The van der Waals surface area contributed by atoms with Gasteiger partial charge < -0.3 is 24.3 Å². The molecule has 8 nitrogen and oxygen atoms in total. The molecule has 36 heavy (non-hydrogen) atoms. The Balaban J connectivity index is 1.60. The number of aliphatic carboxylic acids is 1. The van der Waals surface area contributed by atoms with Gasteiger partial charge in [0, 0.05) is 41.4 Å². The molecule has 1 fully saturated rings. The van der Waals surface area contributed by atoms with E-state index in [0.29, 0.717) is 23.6 Å². The summed E-state index contributed by atoms with van der Waals surface area (Å²) in [7, 11) is 0. The van der Waals surface area contributed by atoms with Gasteiger partial charge in [0.25, 0.3) is 0 Å². The van der Waals surface area contributed by atoms with Gasteiger partial charge in [0.05, 0.1) is 5.69 Å². The van der Waals surface area contributed by atoms with Crippen LogP contribution >= 0.6 is 11.6 Å². The first-order valence-corrected chi connectivity index (χ1v) is 12.3. The summed E-state index contributed by atoms with van der Waals surface area (Å²) in [4.78, 5) is 24.0. The number of carboxylic acids is 1. The van der Waals surface area contributed by atoms with Crippen LogP contribution in [0.3, 0.4) is 0 Å². The summed E-state index contributed by atoms with van der Waals surface area (Å²) in [5.41, 5.74) is 1.89. The van der Waals surface area contributed by atoms with Gasteiger partial charge in [-0.15, -0.1) is 0 Å². The van der Waals surface area contributed by atoms with Crippen molar-refractivity contribution in [2.24, 2.45) is 5.41 Å². The Labute approximate surface area is 213 Å². The van der Waals surface area contributed by atoms with E-state index in [9.17, 15) is 19.1 Å². The van der Waals surface area contributed by atoms with Crippen LogP contribution in [0.2, 0.25) is 5.02 Å². The number of halogens is 2. The van der Waals surface area contributed by atoms with Gasteiger partial charge in [-0.05, 0) is 55.2 Å². The molecule has 0 bridgehead atoms. The third-order valence-corrected chi connectivity index (χ3v) is 6.19. The van der Waals surface area contributed by atoms with Gasteiger partial charge in [0.2, 0.25) is 5.91 Å². The molecule has 1 atom stereocenters. The minimum atomic E-state index is -1.24. The number of hydrogen-bond acceptors (Lipinski definition) is 7. The maximum Gasteiger partial charge on any atom is 0.225 e. The molecular formula is C26H28ClFN3O5-. The largest absolute Gasteiger partial charge is 0.550 e. The van der Waals surface area contributed by atoms with Gasteiger partial charge in [-0.3, -0.25) is 4.79 Å². The van der Waals surface area contributed by atoms with E-state index in [0.717, 1.165) is 30.2 Å². The number of carbonyl (C=O) groups is 2. The number of nitrogens with zero attached hydrogens (tertiary/aromatic N) is 2. The zero-order chi connectivity index (χ0) is 26.0. The minimum Gasteiger partial charge on any atom is -0.550 e. The SMILES string of the molecule is CC(C)(C)Cc1cc(-c2noc([C@@H](CCC(=O)[O-])CC(=O)Nc3ccc(Cl)cc3F)c2C2CC2)no1. The van der Waals surface area contributed by atoms with Crippen LogP contribution in [0.1, 0.15) is 81.8 Å². The standard InChI is InChI=1S/C26H29ClFN3O5/c1-26(2,3)13-17-12-20(30-35-17)24-23(14-4-5-14)25(36-31-24)15(6-9-22(33)34)10-21(32)29-19-8-7-16(27)11-18(19)28/h7-8,11-12,14-15H,4-6,9-10,13H2,1-3H3,(H,29,32)(H,33,34)/p-1/t15-/m0/s1. The Morgan fingerprint density at radius 1 is 1.22 bits per heavy atom. The molecule has 1 aliphatic carbocycles. The van der Waals surface area contributed by atoms with Gasteiger partial charge in [-0.25, -0.2) is 4.39 Å². The van der Waals surface area contributed by atoms with Gasteiger partial charge >= 0.3 is 0 Å². The lowest BCUT2D eigenvalue weighted by Gasteiger charge is -2.16. The van der Waals surface area contributed by atoms with Gasteiger partial charge in [0.1, 0.15) is 28.7 Å². The molecule has 1 aliphatic rings. The summed E-state index contributed by atoms with van der Waals surface area (Å²) < 4.78 is 25.4. The topological polar surface area (TPSA) is 121 Å². The molecule has 0 spiro atoms. The first-order chi connectivity index (χ1) is 17.0. The Hall–Kier alpha value is -3.20. The van der Waals surface area contributed by atoms with Gasteiger partial charge in [-0.2, -0.15) is 0 Å². The van der Waals surface area contributed by atoms with Crippen LogP contribution in [0.4, 0.5) is 10.1 Å². The Kier molecular flexibility index (Phi) is 7.49. The van der Waals surface area contributed by atoms with Crippen LogP contribution < -0.4 is 10.4 Å².